The number of carboxylic acids is 1. The summed E-state index contributed by atoms with van der Waals surface area (Å²) in [6.07, 6.45) is 0. The van der Waals surface area contributed by atoms with Gasteiger partial charge in [-0.25, -0.2) is 9.78 Å². The van der Waals surface area contributed by atoms with Gasteiger partial charge in [0.15, 0.2) is 11.5 Å². The lowest BCUT2D eigenvalue weighted by Gasteiger charge is -2.02. The van der Waals surface area contributed by atoms with Crippen LogP contribution < -0.4 is 4.74 Å². The molecule has 2 heterocycles. The molecule has 106 valence electrons. The largest absolute Gasteiger partial charge is 0.497 e. The predicted octanol–water partition coefficient (Wildman–Crippen LogP) is 3.78. The molecule has 0 atom stereocenters. The zero-order valence-corrected chi connectivity index (χ0v) is 11.9. The number of hydrogen-bond acceptors (Lipinski definition) is 5. The maximum atomic E-state index is 11.4. The van der Waals surface area contributed by atoms with Gasteiger partial charge in [0.2, 0.25) is 5.89 Å². The van der Waals surface area contributed by atoms with Crippen LogP contribution in [-0.4, -0.2) is 23.2 Å². The van der Waals surface area contributed by atoms with E-state index < -0.39 is 5.97 Å². The summed E-state index contributed by atoms with van der Waals surface area (Å²) in [6.45, 7) is 0. The number of aromatic carboxylic acids is 1. The Bertz CT molecular complexity index is 777. The third-order valence-corrected chi connectivity index (χ3v) is 3.75. The maximum absolute atomic E-state index is 11.4. The fourth-order valence-corrected chi connectivity index (χ4v) is 2.58. The van der Waals surface area contributed by atoms with Crippen molar-refractivity contribution in [3.8, 4) is 27.8 Å². The minimum Gasteiger partial charge on any atom is -0.497 e. The van der Waals surface area contributed by atoms with E-state index in [-0.39, 0.29) is 11.5 Å². The van der Waals surface area contributed by atoms with E-state index in [0.29, 0.717) is 17.2 Å². The van der Waals surface area contributed by atoms with Gasteiger partial charge in [0, 0.05) is 5.56 Å². The highest BCUT2D eigenvalue weighted by atomic mass is 32.1. The van der Waals surface area contributed by atoms with Crippen LogP contribution in [0.1, 0.15) is 10.5 Å². The molecule has 0 bridgehead atoms. The van der Waals surface area contributed by atoms with Gasteiger partial charge in [-0.2, -0.15) is 0 Å². The predicted molar refractivity (Wildman–Crippen MR) is 78.8 cm³/mol. The van der Waals surface area contributed by atoms with E-state index in [1.807, 2.05) is 17.5 Å². The summed E-state index contributed by atoms with van der Waals surface area (Å²) in [4.78, 5) is 16.3. The summed E-state index contributed by atoms with van der Waals surface area (Å²) >= 11 is 1.44. The Morgan fingerprint density at radius 3 is 2.86 bits per heavy atom. The minimum absolute atomic E-state index is 0.105. The Morgan fingerprint density at radius 1 is 1.33 bits per heavy atom. The fraction of sp³-hybridized carbons (Fsp3) is 0.0667. The summed E-state index contributed by atoms with van der Waals surface area (Å²) in [5, 5.41) is 11.2. The number of carbonyl (C=O) groups is 1. The molecule has 5 nitrogen and oxygen atoms in total. The van der Waals surface area contributed by atoms with Crippen LogP contribution in [0.2, 0.25) is 0 Å². The van der Waals surface area contributed by atoms with Crippen molar-refractivity contribution in [2.75, 3.05) is 7.11 Å². The summed E-state index contributed by atoms with van der Waals surface area (Å²) in [5.41, 5.74) is 0.508. The molecular weight excluding hydrogens is 290 g/mol. The number of nitrogens with zero attached hydrogens (tertiary/aromatic N) is 1. The molecule has 6 heteroatoms. The second kappa shape index (κ2) is 5.41. The highest BCUT2D eigenvalue weighted by Gasteiger charge is 2.22. The number of hydrogen-bond donors (Lipinski definition) is 1. The molecule has 0 unspecified atom stereocenters. The number of oxazole rings is 1. The van der Waals surface area contributed by atoms with Gasteiger partial charge in [-0.1, -0.05) is 18.2 Å². The molecule has 0 amide bonds. The summed E-state index contributed by atoms with van der Waals surface area (Å²) < 4.78 is 10.8. The first kappa shape index (κ1) is 13.4. The Balaban J connectivity index is 2.14. The quantitative estimate of drug-likeness (QED) is 0.794. The second-order valence-electron chi connectivity index (χ2n) is 4.21. The maximum Gasteiger partial charge on any atom is 0.358 e. The topological polar surface area (TPSA) is 72.6 Å². The van der Waals surface area contributed by atoms with E-state index in [1.165, 1.54) is 11.3 Å². The van der Waals surface area contributed by atoms with E-state index >= 15 is 0 Å². The molecule has 0 radical (unpaired) electrons. The molecule has 2 aromatic heterocycles. The van der Waals surface area contributed by atoms with Gasteiger partial charge in [-0.15, -0.1) is 11.3 Å². The standard InChI is InChI=1S/C15H11NO4S/c1-19-10-5-2-4-9(8-10)13-12(15(17)18)16-14(20-13)11-6-3-7-21-11/h2-8H,1H3,(H,17,18). The SMILES string of the molecule is COc1cccc(-c2oc(-c3cccs3)nc2C(=O)O)c1. The second-order valence-corrected chi connectivity index (χ2v) is 5.16. The Labute approximate surface area is 124 Å². The van der Waals surface area contributed by atoms with Gasteiger partial charge in [-0.3, -0.25) is 0 Å². The smallest absolute Gasteiger partial charge is 0.358 e. The van der Waals surface area contributed by atoms with E-state index in [9.17, 15) is 9.90 Å². The van der Waals surface area contributed by atoms with Crippen LogP contribution in [0.5, 0.6) is 5.75 Å². The summed E-state index contributed by atoms with van der Waals surface area (Å²) in [5.74, 6) is 0.0299. The molecule has 0 spiro atoms. The molecule has 0 saturated carbocycles. The van der Waals surface area contributed by atoms with Crippen molar-refractivity contribution in [2.24, 2.45) is 0 Å². The number of methoxy groups -OCH3 is 1. The van der Waals surface area contributed by atoms with Gasteiger partial charge in [-0.05, 0) is 23.6 Å². The molecule has 3 rings (SSSR count). The molecule has 0 aliphatic rings. The normalized spacial score (nSPS) is 10.5. The lowest BCUT2D eigenvalue weighted by atomic mass is 10.1. The number of rotatable bonds is 4. The number of ether oxygens (including phenoxy) is 1. The van der Waals surface area contributed by atoms with Crippen molar-refractivity contribution in [3.63, 3.8) is 0 Å². The van der Waals surface area contributed by atoms with Gasteiger partial charge in [0.1, 0.15) is 5.75 Å². The van der Waals surface area contributed by atoms with Crippen LogP contribution in [0.15, 0.2) is 46.2 Å². The van der Waals surface area contributed by atoms with Crippen molar-refractivity contribution in [2.45, 2.75) is 0 Å². The third-order valence-electron chi connectivity index (χ3n) is 2.89. The molecule has 0 aliphatic carbocycles. The van der Waals surface area contributed by atoms with Crippen LogP contribution in [0, 0.1) is 0 Å². The molecule has 3 aromatic rings. The van der Waals surface area contributed by atoms with E-state index in [4.69, 9.17) is 9.15 Å². The number of aromatic nitrogens is 1. The lowest BCUT2D eigenvalue weighted by molar-refractivity contribution is 0.0691. The molecule has 1 N–H and O–H groups in total. The van der Waals surface area contributed by atoms with E-state index in [1.54, 1.807) is 31.4 Å². The van der Waals surface area contributed by atoms with Crippen LogP contribution in [0.25, 0.3) is 22.1 Å². The molecule has 21 heavy (non-hydrogen) atoms. The fourth-order valence-electron chi connectivity index (χ4n) is 1.93. The van der Waals surface area contributed by atoms with Crippen molar-refractivity contribution in [1.29, 1.82) is 0 Å². The zero-order chi connectivity index (χ0) is 14.8. The highest BCUT2D eigenvalue weighted by Crippen LogP contribution is 2.33. The Morgan fingerprint density at radius 2 is 2.19 bits per heavy atom. The lowest BCUT2D eigenvalue weighted by Crippen LogP contribution is -1.98. The van der Waals surface area contributed by atoms with Crippen molar-refractivity contribution in [3.05, 3.63) is 47.5 Å². The van der Waals surface area contributed by atoms with E-state index in [2.05, 4.69) is 4.98 Å². The average molecular weight is 301 g/mol. The molecular formula is C15H11NO4S. The first-order valence-corrected chi connectivity index (χ1v) is 6.99. The first-order valence-electron chi connectivity index (χ1n) is 6.11. The monoisotopic (exact) mass is 301 g/mol. The Hall–Kier alpha value is -2.60. The van der Waals surface area contributed by atoms with E-state index in [0.717, 1.165) is 4.88 Å². The van der Waals surface area contributed by atoms with Crippen molar-refractivity contribution < 1.29 is 19.1 Å². The molecule has 1 aromatic carbocycles. The number of carboxylic acid groups (broad SMARTS) is 1. The molecule has 0 fully saturated rings. The van der Waals surface area contributed by atoms with Crippen LogP contribution in [-0.2, 0) is 0 Å². The van der Waals surface area contributed by atoms with Gasteiger partial charge in [0.05, 0.1) is 12.0 Å². The summed E-state index contributed by atoms with van der Waals surface area (Å²) in [6, 6.07) is 10.7. The van der Waals surface area contributed by atoms with Crippen LogP contribution in [0.3, 0.4) is 0 Å². The molecule has 0 saturated heterocycles. The highest BCUT2D eigenvalue weighted by molar-refractivity contribution is 7.13. The van der Waals surface area contributed by atoms with Gasteiger partial charge in [0.25, 0.3) is 0 Å². The van der Waals surface area contributed by atoms with Crippen LogP contribution >= 0.6 is 11.3 Å². The number of benzene rings is 1. The molecule has 0 aliphatic heterocycles. The van der Waals surface area contributed by atoms with Crippen molar-refractivity contribution >= 4 is 17.3 Å². The first-order chi connectivity index (χ1) is 10.2. The summed E-state index contributed by atoms with van der Waals surface area (Å²) in [7, 11) is 1.55. The minimum atomic E-state index is -1.13. The van der Waals surface area contributed by atoms with Crippen molar-refractivity contribution in [1.82, 2.24) is 4.98 Å². The van der Waals surface area contributed by atoms with Crippen LogP contribution in [0.4, 0.5) is 0 Å². The van der Waals surface area contributed by atoms with Gasteiger partial charge >= 0.3 is 5.97 Å². The zero-order valence-electron chi connectivity index (χ0n) is 11.1. The Kier molecular flexibility index (Phi) is 3.45. The number of thiophene rings is 1. The third kappa shape index (κ3) is 2.53. The van der Waals surface area contributed by atoms with Gasteiger partial charge < -0.3 is 14.3 Å². The average Bonchev–Trinajstić information content (AvgIpc) is 3.16.